The van der Waals surface area contributed by atoms with Crippen molar-refractivity contribution in [2.75, 3.05) is 25.0 Å². The molecule has 2 rings (SSSR count). The second-order valence-electron chi connectivity index (χ2n) is 5.14. The number of anilines is 1. The summed E-state index contributed by atoms with van der Waals surface area (Å²) in [7, 11) is 2.13. The summed E-state index contributed by atoms with van der Waals surface area (Å²) in [6.07, 6.45) is 3.76. The van der Waals surface area contributed by atoms with Crippen molar-refractivity contribution in [3.63, 3.8) is 0 Å². The van der Waals surface area contributed by atoms with Crippen LogP contribution < -0.4 is 10.6 Å². The van der Waals surface area contributed by atoms with E-state index in [0.717, 1.165) is 25.1 Å². The first-order valence-corrected chi connectivity index (χ1v) is 7.11. The van der Waals surface area contributed by atoms with Crippen molar-refractivity contribution < 1.29 is 0 Å². The van der Waals surface area contributed by atoms with Crippen LogP contribution >= 0.6 is 0 Å². The lowest BCUT2D eigenvalue weighted by Gasteiger charge is -2.20. The third kappa shape index (κ3) is 3.81. The predicted octanol–water partition coefficient (Wildman–Crippen LogP) is 2.57. The van der Waals surface area contributed by atoms with Gasteiger partial charge >= 0.3 is 0 Å². The maximum atomic E-state index is 5.62. The molecular formula is C17H23N3. The zero-order valence-electron chi connectivity index (χ0n) is 12.3. The molecule has 0 amide bonds. The maximum Gasteiger partial charge on any atom is 0.0421 e. The molecule has 0 aliphatic heterocycles. The highest BCUT2D eigenvalue weighted by atomic mass is 15.1. The van der Waals surface area contributed by atoms with Crippen LogP contribution in [0.4, 0.5) is 5.69 Å². The molecule has 0 unspecified atom stereocenters. The molecule has 0 saturated carbocycles. The third-order valence-electron chi connectivity index (χ3n) is 3.61. The number of likely N-dealkylation sites (N-methyl/N-ethyl adjacent to an activating group) is 1. The van der Waals surface area contributed by atoms with E-state index in [0.29, 0.717) is 6.54 Å². The van der Waals surface area contributed by atoms with Crippen LogP contribution in [0.3, 0.4) is 0 Å². The Morgan fingerprint density at radius 1 is 1.15 bits per heavy atom. The number of hydrogen-bond acceptors (Lipinski definition) is 3. The van der Waals surface area contributed by atoms with Crippen LogP contribution in [0.1, 0.15) is 16.8 Å². The number of benzene rings is 1. The number of aryl methyl sites for hydroxylation is 1. The summed E-state index contributed by atoms with van der Waals surface area (Å²) >= 11 is 0. The average molecular weight is 269 g/mol. The van der Waals surface area contributed by atoms with Gasteiger partial charge in [0.1, 0.15) is 0 Å². The van der Waals surface area contributed by atoms with E-state index < -0.39 is 0 Å². The Morgan fingerprint density at radius 3 is 2.65 bits per heavy atom. The van der Waals surface area contributed by atoms with Crippen LogP contribution in [-0.2, 0) is 12.8 Å². The Balaban J connectivity index is 1.98. The van der Waals surface area contributed by atoms with Crippen LogP contribution in [0.2, 0.25) is 0 Å². The molecule has 0 fully saturated rings. The Kier molecular flexibility index (Phi) is 5.13. The van der Waals surface area contributed by atoms with E-state index in [1.54, 1.807) is 0 Å². The summed E-state index contributed by atoms with van der Waals surface area (Å²) in [5.41, 5.74) is 10.7. The summed E-state index contributed by atoms with van der Waals surface area (Å²) in [4.78, 5) is 6.63. The normalized spacial score (nSPS) is 10.6. The van der Waals surface area contributed by atoms with Gasteiger partial charge in [0.05, 0.1) is 0 Å². The van der Waals surface area contributed by atoms with E-state index in [2.05, 4.69) is 48.1 Å². The highest BCUT2D eigenvalue weighted by Gasteiger charge is 2.04. The minimum atomic E-state index is 0.704. The van der Waals surface area contributed by atoms with Crippen molar-refractivity contribution in [2.45, 2.75) is 19.8 Å². The Labute approximate surface area is 121 Å². The Hall–Kier alpha value is -1.87. The van der Waals surface area contributed by atoms with Crippen LogP contribution in [0.15, 0.2) is 42.6 Å². The molecule has 106 valence electrons. The van der Waals surface area contributed by atoms with Crippen LogP contribution in [0.5, 0.6) is 0 Å². The molecule has 0 bridgehead atoms. The topological polar surface area (TPSA) is 42.2 Å². The molecule has 3 nitrogen and oxygen atoms in total. The number of hydrogen-bond donors (Lipinski definition) is 1. The second-order valence-corrected chi connectivity index (χ2v) is 5.14. The smallest absolute Gasteiger partial charge is 0.0421 e. The summed E-state index contributed by atoms with van der Waals surface area (Å²) < 4.78 is 0. The van der Waals surface area contributed by atoms with Crippen LogP contribution in [-0.4, -0.2) is 25.1 Å². The van der Waals surface area contributed by atoms with Gasteiger partial charge < -0.3 is 10.6 Å². The molecule has 0 saturated heterocycles. The fourth-order valence-corrected chi connectivity index (χ4v) is 2.31. The largest absolute Gasteiger partial charge is 0.374 e. The first kappa shape index (κ1) is 14.5. The molecule has 20 heavy (non-hydrogen) atoms. The Bertz CT molecular complexity index is 537. The van der Waals surface area contributed by atoms with Crippen LogP contribution in [0, 0.1) is 6.92 Å². The van der Waals surface area contributed by atoms with Gasteiger partial charge in [-0.05, 0) is 55.3 Å². The molecule has 2 N–H and O–H groups in total. The van der Waals surface area contributed by atoms with E-state index >= 15 is 0 Å². The quantitative estimate of drug-likeness (QED) is 0.876. The van der Waals surface area contributed by atoms with Crippen LogP contribution in [0.25, 0.3) is 0 Å². The molecule has 1 aromatic heterocycles. The van der Waals surface area contributed by atoms with Gasteiger partial charge in [-0.2, -0.15) is 0 Å². The fourth-order valence-electron chi connectivity index (χ4n) is 2.31. The molecule has 0 spiro atoms. The van der Waals surface area contributed by atoms with E-state index in [1.165, 1.54) is 16.8 Å². The molecule has 0 atom stereocenters. The van der Waals surface area contributed by atoms with Gasteiger partial charge in [0, 0.05) is 37.6 Å². The lowest BCUT2D eigenvalue weighted by molar-refractivity contribution is 0.851. The van der Waals surface area contributed by atoms with Crippen molar-refractivity contribution in [1.82, 2.24) is 4.98 Å². The first-order chi connectivity index (χ1) is 9.70. The van der Waals surface area contributed by atoms with E-state index in [9.17, 15) is 0 Å². The average Bonchev–Trinajstić information content (AvgIpc) is 2.48. The van der Waals surface area contributed by atoms with Gasteiger partial charge in [-0.1, -0.05) is 12.1 Å². The van der Waals surface area contributed by atoms with Gasteiger partial charge in [0.15, 0.2) is 0 Å². The second kappa shape index (κ2) is 7.06. The molecule has 1 heterocycles. The summed E-state index contributed by atoms with van der Waals surface area (Å²) in [6.45, 7) is 3.82. The highest BCUT2D eigenvalue weighted by molar-refractivity contribution is 5.50. The summed E-state index contributed by atoms with van der Waals surface area (Å²) in [5, 5.41) is 0. The predicted molar refractivity (Wildman–Crippen MR) is 85.1 cm³/mol. The van der Waals surface area contributed by atoms with Gasteiger partial charge in [0.25, 0.3) is 0 Å². The summed E-state index contributed by atoms with van der Waals surface area (Å²) in [6, 6.07) is 12.7. The molecule has 1 aromatic carbocycles. The third-order valence-corrected chi connectivity index (χ3v) is 3.61. The zero-order chi connectivity index (χ0) is 14.4. The molecule has 2 aromatic rings. The van der Waals surface area contributed by atoms with Gasteiger partial charge in [-0.15, -0.1) is 0 Å². The first-order valence-electron chi connectivity index (χ1n) is 7.11. The highest BCUT2D eigenvalue weighted by Crippen LogP contribution is 2.18. The molecule has 0 aliphatic rings. The number of nitrogens with zero attached hydrogens (tertiary/aromatic N) is 2. The number of pyridine rings is 1. The number of aromatic nitrogens is 1. The van der Waals surface area contributed by atoms with Gasteiger partial charge in [0.2, 0.25) is 0 Å². The van der Waals surface area contributed by atoms with Gasteiger partial charge in [-0.3, -0.25) is 4.98 Å². The standard InChI is InChI=1S/C17H23N3/c1-14-13-17(7-6-15(14)8-10-18)20(2)12-9-16-5-3-4-11-19-16/h3-7,11,13H,8-10,12,18H2,1-2H3. The molecule has 0 radical (unpaired) electrons. The van der Waals surface area contributed by atoms with E-state index in [-0.39, 0.29) is 0 Å². The van der Waals surface area contributed by atoms with E-state index in [1.807, 2.05) is 18.3 Å². The Morgan fingerprint density at radius 2 is 2.00 bits per heavy atom. The SMILES string of the molecule is Cc1cc(N(C)CCc2ccccn2)ccc1CCN. The van der Waals surface area contributed by atoms with Crippen molar-refractivity contribution in [1.29, 1.82) is 0 Å². The number of nitrogens with two attached hydrogens (primary N) is 1. The van der Waals surface area contributed by atoms with Crippen molar-refractivity contribution in [2.24, 2.45) is 5.73 Å². The molecular weight excluding hydrogens is 246 g/mol. The minimum absolute atomic E-state index is 0.704. The fraction of sp³-hybridized carbons (Fsp3) is 0.353. The molecule has 3 heteroatoms. The lowest BCUT2D eigenvalue weighted by Crippen LogP contribution is -2.20. The summed E-state index contributed by atoms with van der Waals surface area (Å²) in [5.74, 6) is 0. The van der Waals surface area contributed by atoms with Crippen molar-refractivity contribution in [3.8, 4) is 0 Å². The van der Waals surface area contributed by atoms with Gasteiger partial charge in [-0.25, -0.2) is 0 Å². The maximum absolute atomic E-state index is 5.62. The van der Waals surface area contributed by atoms with Crippen molar-refractivity contribution >= 4 is 5.69 Å². The van der Waals surface area contributed by atoms with Crippen molar-refractivity contribution in [3.05, 3.63) is 59.4 Å². The minimum Gasteiger partial charge on any atom is -0.374 e. The van der Waals surface area contributed by atoms with E-state index in [4.69, 9.17) is 5.73 Å². The number of rotatable bonds is 6. The lowest BCUT2D eigenvalue weighted by atomic mass is 10.0. The zero-order valence-corrected chi connectivity index (χ0v) is 12.3. The monoisotopic (exact) mass is 269 g/mol. The molecule has 0 aliphatic carbocycles.